The lowest BCUT2D eigenvalue weighted by atomic mass is 9.84. The van der Waals surface area contributed by atoms with Crippen LogP contribution in [-0.2, 0) is 4.74 Å². The molecule has 0 atom stereocenters. The third-order valence-corrected chi connectivity index (χ3v) is 5.32. The number of benzene rings is 2. The number of hydrogen-bond donors (Lipinski definition) is 0. The highest BCUT2D eigenvalue weighted by Gasteiger charge is 2.24. The molecule has 1 aliphatic rings. The van der Waals surface area contributed by atoms with Gasteiger partial charge < -0.3 is 4.74 Å². The number of carbonyl (C=O) groups excluding carboxylic acids is 1. The number of carbonyl (C=O) groups is 1. The van der Waals surface area contributed by atoms with Crippen molar-refractivity contribution in [2.75, 3.05) is 0 Å². The van der Waals surface area contributed by atoms with Crippen molar-refractivity contribution in [2.24, 2.45) is 5.92 Å². The van der Waals surface area contributed by atoms with Crippen molar-refractivity contribution >= 4 is 16.7 Å². The minimum atomic E-state index is -0.265. The van der Waals surface area contributed by atoms with E-state index in [1.54, 1.807) is 24.3 Å². The summed E-state index contributed by atoms with van der Waals surface area (Å²) in [4.78, 5) is 12.4. The minimum absolute atomic E-state index is 0.0406. The molecule has 0 spiro atoms. The van der Waals surface area contributed by atoms with E-state index in [4.69, 9.17) is 4.74 Å². The second-order valence-electron chi connectivity index (χ2n) is 7.25. The maximum Gasteiger partial charge on any atom is 0.338 e. The van der Waals surface area contributed by atoms with E-state index in [-0.39, 0.29) is 17.9 Å². The maximum absolute atomic E-state index is 13.2. The van der Waals surface area contributed by atoms with Crippen LogP contribution in [0.2, 0.25) is 0 Å². The van der Waals surface area contributed by atoms with Crippen LogP contribution >= 0.6 is 0 Å². The first-order valence-corrected chi connectivity index (χ1v) is 9.56. The van der Waals surface area contributed by atoms with Crippen LogP contribution in [0.1, 0.15) is 68.6 Å². The normalized spacial score (nSPS) is 20.6. The van der Waals surface area contributed by atoms with Crippen LogP contribution < -0.4 is 0 Å². The number of ether oxygens (including phenoxy) is 1. The molecular formula is C22H27FO2. The zero-order chi connectivity index (χ0) is 17.6. The summed E-state index contributed by atoms with van der Waals surface area (Å²) >= 11 is 0. The van der Waals surface area contributed by atoms with Gasteiger partial charge in [-0.2, -0.15) is 0 Å². The predicted octanol–water partition coefficient (Wildman–Crippen LogP) is 6.27. The summed E-state index contributed by atoms with van der Waals surface area (Å²) in [5.41, 5.74) is 0.546. The van der Waals surface area contributed by atoms with E-state index in [0.717, 1.165) is 29.5 Å². The quantitative estimate of drug-likeness (QED) is 0.456. The summed E-state index contributed by atoms with van der Waals surface area (Å²) < 4.78 is 19.0. The standard InChI is InChI=1S/C22H27FO2/c1-2-3-4-5-16-6-12-21(13-7-16)25-22(24)19-9-8-18-15-20(23)11-10-17(18)14-19/h8-11,14-16,21H,2-7,12-13H2,1H3. The molecule has 0 saturated heterocycles. The summed E-state index contributed by atoms with van der Waals surface area (Å²) in [6, 6.07) is 9.87. The number of halogens is 1. The van der Waals surface area contributed by atoms with E-state index >= 15 is 0 Å². The van der Waals surface area contributed by atoms with E-state index < -0.39 is 0 Å². The van der Waals surface area contributed by atoms with Crippen molar-refractivity contribution in [3.63, 3.8) is 0 Å². The topological polar surface area (TPSA) is 26.3 Å². The van der Waals surface area contributed by atoms with Gasteiger partial charge in [0.15, 0.2) is 0 Å². The van der Waals surface area contributed by atoms with E-state index in [9.17, 15) is 9.18 Å². The lowest BCUT2D eigenvalue weighted by Gasteiger charge is -2.28. The molecule has 134 valence electrons. The molecule has 3 heteroatoms. The predicted molar refractivity (Wildman–Crippen MR) is 99.2 cm³/mol. The molecule has 0 N–H and O–H groups in total. The van der Waals surface area contributed by atoms with Gasteiger partial charge >= 0.3 is 5.97 Å². The number of rotatable bonds is 6. The highest BCUT2D eigenvalue weighted by Crippen LogP contribution is 2.30. The van der Waals surface area contributed by atoms with E-state index in [2.05, 4.69) is 6.92 Å². The van der Waals surface area contributed by atoms with Gasteiger partial charge in [0.2, 0.25) is 0 Å². The van der Waals surface area contributed by atoms with Crippen LogP contribution in [-0.4, -0.2) is 12.1 Å². The fourth-order valence-electron chi connectivity index (χ4n) is 3.78. The fraction of sp³-hybridized carbons (Fsp3) is 0.500. The molecule has 3 rings (SSSR count). The molecule has 0 aromatic heterocycles. The lowest BCUT2D eigenvalue weighted by molar-refractivity contribution is 0.0161. The largest absolute Gasteiger partial charge is 0.459 e. The Morgan fingerprint density at radius 2 is 1.76 bits per heavy atom. The van der Waals surface area contributed by atoms with Gasteiger partial charge in [0.25, 0.3) is 0 Å². The Balaban J connectivity index is 1.53. The van der Waals surface area contributed by atoms with Crippen molar-refractivity contribution in [2.45, 2.75) is 64.4 Å². The molecule has 0 aliphatic heterocycles. The van der Waals surface area contributed by atoms with Crippen molar-refractivity contribution in [1.82, 2.24) is 0 Å². The van der Waals surface area contributed by atoms with E-state index in [1.165, 1.54) is 50.7 Å². The van der Waals surface area contributed by atoms with Crippen LogP contribution in [0, 0.1) is 11.7 Å². The van der Waals surface area contributed by atoms with Gasteiger partial charge in [-0.1, -0.05) is 44.7 Å². The third kappa shape index (κ3) is 4.81. The first-order valence-electron chi connectivity index (χ1n) is 9.56. The van der Waals surface area contributed by atoms with Crippen LogP contribution in [0.3, 0.4) is 0 Å². The van der Waals surface area contributed by atoms with E-state index in [1.807, 2.05) is 0 Å². The molecule has 1 aliphatic carbocycles. The number of fused-ring (bicyclic) bond motifs is 1. The molecule has 0 unspecified atom stereocenters. The second kappa shape index (κ2) is 8.46. The smallest absolute Gasteiger partial charge is 0.338 e. The molecule has 1 saturated carbocycles. The Kier molecular flexibility index (Phi) is 6.06. The number of unbranched alkanes of at least 4 members (excludes halogenated alkanes) is 2. The molecule has 0 bridgehead atoms. The molecule has 25 heavy (non-hydrogen) atoms. The summed E-state index contributed by atoms with van der Waals surface area (Å²) in [6.07, 6.45) is 9.55. The van der Waals surface area contributed by atoms with Crippen LogP contribution in [0.15, 0.2) is 36.4 Å². The average molecular weight is 342 g/mol. The van der Waals surface area contributed by atoms with E-state index in [0.29, 0.717) is 5.56 Å². The zero-order valence-corrected chi connectivity index (χ0v) is 15.0. The third-order valence-electron chi connectivity index (χ3n) is 5.32. The monoisotopic (exact) mass is 342 g/mol. The Hall–Kier alpha value is -1.90. The van der Waals surface area contributed by atoms with Crippen molar-refractivity contribution < 1.29 is 13.9 Å². The zero-order valence-electron chi connectivity index (χ0n) is 15.0. The highest BCUT2D eigenvalue weighted by atomic mass is 19.1. The number of esters is 1. The van der Waals surface area contributed by atoms with Gasteiger partial charge in [-0.3, -0.25) is 0 Å². The van der Waals surface area contributed by atoms with Gasteiger partial charge in [-0.25, -0.2) is 9.18 Å². The van der Waals surface area contributed by atoms with Gasteiger partial charge in [-0.15, -0.1) is 0 Å². The molecule has 0 amide bonds. The molecule has 0 heterocycles. The lowest BCUT2D eigenvalue weighted by Crippen LogP contribution is -2.24. The van der Waals surface area contributed by atoms with Crippen LogP contribution in [0.25, 0.3) is 10.8 Å². The van der Waals surface area contributed by atoms with Crippen LogP contribution in [0.4, 0.5) is 4.39 Å². The average Bonchev–Trinajstić information content (AvgIpc) is 2.63. The second-order valence-corrected chi connectivity index (χ2v) is 7.25. The molecule has 2 aromatic carbocycles. The van der Waals surface area contributed by atoms with Gasteiger partial charge in [0.05, 0.1) is 5.56 Å². The summed E-state index contributed by atoms with van der Waals surface area (Å²) in [7, 11) is 0. The first-order chi connectivity index (χ1) is 12.2. The summed E-state index contributed by atoms with van der Waals surface area (Å²) in [5, 5.41) is 1.65. The maximum atomic E-state index is 13.2. The molecule has 0 radical (unpaired) electrons. The molecular weight excluding hydrogens is 315 g/mol. The Labute approximate surface area is 149 Å². The molecule has 2 aromatic rings. The highest BCUT2D eigenvalue weighted by molar-refractivity contribution is 5.95. The van der Waals surface area contributed by atoms with Crippen molar-refractivity contribution in [3.05, 3.63) is 47.8 Å². The molecule has 2 nitrogen and oxygen atoms in total. The molecule has 1 fully saturated rings. The fourth-order valence-corrected chi connectivity index (χ4v) is 3.78. The van der Waals surface area contributed by atoms with Gasteiger partial charge in [0.1, 0.15) is 11.9 Å². The first kappa shape index (κ1) is 17.9. The summed E-state index contributed by atoms with van der Waals surface area (Å²) in [5.74, 6) is 0.274. The SMILES string of the molecule is CCCCCC1CCC(OC(=O)c2ccc3cc(F)ccc3c2)CC1. The Morgan fingerprint density at radius 1 is 1.04 bits per heavy atom. The summed E-state index contributed by atoms with van der Waals surface area (Å²) in [6.45, 7) is 2.24. The minimum Gasteiger partial charge on any atom is -0.459 e. The van der Waals surface area contributed by atoms with Crippen LogP contribution in [0.5, 0.6) is 0 Å². The van der Waals surface area contributed by atoms with Crippen molar-refractivity contribution in [3.8, 4) is 0 Å². The Bertz CT molecular complexity index is 717. The van der Waals surface area contributed by atoms with Gasteiger partial charge in [-0.05, 0) is 66.6 Å². The van der Waals surface area contributed by atoms with Crippen molar-refractivity contribution in [1.29, 1.82) is 0 Å². The van der Waals surface area contributed by atoms with Gasteiger partial charge in [0, 0.05) is 0 Å². The number of hydrogen-bond acceptors (Lipinski definition) is 2. The Morgan fingerprint density at radius 3 is 2.52 bits per heavy atom.